The van der Waals surface area contributed by atoms with Crippen LogP contribution in [0.5, 0.6) is 5.75 Å². The fourth-order valence-electron chi connectivity index (χ4n) is 3.01. The number of hydrogen-bond acceptors (Lipinski definition) is 5. The summed E-state index contributed by atoms with van der Waals surface area (Å²) in [7, 11) is 0. The van der Waals surface area contributed by atoms with Crippen LogP contribution in [-0.4, -0.2) is 23.1 Å². The maximum atomic E-state index is 12.4. The smallest absolute Gasteiger partial charge is 0.311 e. The van der Waals surface area contributed by atoms with Gasteiger partial charge in [-0.2, -0.15) is 0 Å². The van der Waals surface area contributed by atoms with Gasteiger partial charge in [-0.3, -0.25) is 9.59 Å². The summed E-state index contributed by atoms with van der Waals surface area (Å²) in [4.78, 5) is 24.7. The molecule has 6 nitrogen and oxygen atoms in total. The van der Waals surface area contributed by atoms with Gasteiger partial charge >= 0.3 is 5.97 Å². The molecule has 0 saturated heterocycles. The molecule has 0 aliphatic carbocycles. The Morgan fingerprint density at radius 3 is 2.64 bits per heavy atom. The molecule has 6 heteroatoms. The standard InChI is InChI=1S/C22H23NO5/c1-13(2)17-6-4-5-7-19(17)23-22(26)14(3)28-21(25)10-15-12-27-20-11-16(24)8-9-18(15)20/h4-9,11-14,24H,10H2,1-3H3,(H,23,26)/t14-/m0/s1. The van der Waals surface area contributed by atoms with E-state index in [1.165, 1.54) is 25.3 Å². The summed E-state index contributed by atoms with van der Waals surface area (Å²) >= 11 is 0. The van der Waals surface area contributed by atoms with E-state index in [1.807, 2.05) is 38.1 Å². The molecular formula is C22H23NO5. The third-order valence-corrected chi connectivity index (χ3v) is 4.49. The second-order valence-electron chi connectivity index (χ2n) is 6.98. The third-order valence-electron chi connectivity index (χ3n) is 4.49. The summed E-state index contributed by atoms with van der Waals surface area (Å²) in [6, 6.07) is 12.2. The maximum Gasteiger partial charge on any atom is 0.311 e. The highest BCUT2D eigenvalue weighted by Crippen LogP contribution is 2.26. The van der Waals surface area contributed by atoms with Gasteiger partial charge in [0.05, 0.1) is 12.7 Å². The fourth-order valence-corrected chi connectivity index (χ4v) is 3.01. The number of hydrogen-bond donors (Lipinski definition) is 2. The number of anilines is 1. The molecule has 0 unspecified atom stereocenters. The lowest BCUT2D eigenvalue weighted by molar-refractivity contribution is -0.152. The van der Waals surface area contributed by atoms with Gasteiger partial charge in [-0.05, 0) is 36.6 Å². The predicted octanol–water partition coefficient (Wildman–Crippen LogP) is 4.37. The number of benzene rings is 2. The quantitative estimate of drug-likeness (QED) is 0.619. The number of nitrogens with one attached hydrogen (secondary N) is 1. The summed E-state index contributed by atoms with van der Waals surface area (Å²) in [5, 5.41) is 13.0. The molecule has 0 radical (unpaired) electrons. The van der Waals surface area contributed by atoms with E-state index >= 15 is 0 Å². The predicted molar refractivity (Wildman–Crippen MR) is 106 cm³/mol. The van der Waals surface area contributed by atoms with E-state index in [2.05, 4.69) is 5.32 Å². The monoisotopic (exact) mass is 381 g/mol. The topological polar surface area (TPSA) is 88.8 Å². The van der Waals surface area contributed by atoms with E-state index in [4.69, 9.17) is 9.15 Å². The lowest BCUT2D eigenvalue weighted by Gasteiger charge is -2.17. The molecule has 0 aliphatic rings. The molecule has 146 valence electrons. The molecule has 0 fully saturated rings. The van der Waals surface area contributed by atoms with Crippen molar-refractivity contribution in [3.63, 3.8) is 0 Å². The highest BCUT2D eigenvalue weighted by molar-refractivity contribution is 5.96. The summed E-state index contributed by atoms with van der Waals surface area (Å²) in [6.45, 7) is 5.63. The second-order valence-corrected chi connectivity index (χ2v) is 6.98. The lowest BCUT2D eigenvalue weighted by Crippen LogP contribution is -2.30. The van der Waals surface area contributed by atoms with Crippen molar-refractivity contribution < 1.29 is 23.8 Å². The molecule has 1 atom stereocenters. The van der Waals surface area contributed by atoms with Crippen LogP contribution in [0.2, 0.25) is 0 Å². The molecular weight excluding hydrogens is 358 g/mol. The molecule has 0 saturated carbocycles. The van der Waals surface area contributed by atoms with Gasteiger partial charge < -0.3 is 19.6 Å². The van der Waals surface area contributed by atoms with Crippen molar-refractivity contribution in [2.24, 2.45) is 0 Å². The largest absolute Gasteiger partial charge is 0.508 e. The minimum atomic E-state index is -0.935. The Balaban J connectivity index is 1.63. The van der Waals surface area contributed by atoms with Crippen molar-refractivity contribution >= 4 is 28.5 Å². The van der Waals surface area contributed by atoms with Crippen LogP contribution >= 0.6 is 0 Å². The lowest BCUT2D eigenvalue weighted by atomic mass is 10.0. The van der Waals surface area contributed by atoms with Crippen LogP contribution in [0.25, 0.3) is 11.0 Å². The summed E-state index contributed by atoms with van der Waals surface area (Å²) in [5.41, 5.74) is 2.85. The van der Waals surface area contributed by atoms with Crippen LogP contribution < -0.4 is 5.32 Å². The first-order valence-electron chi connectivity index (χ1n) is 9.13. The van der Waals surface area contributed by atoms with E-state index in [9.17, 15) is 14.7 Å². The zero-order valence-electron chi connectivity index (χ0n) is 16.1. The number of carbonyl (C=O) groups excluding carboxylic acids is 2. The molecule has 2 aromatic carbocycles. The van der Waals surface area contributed by atoms with E-state index < -0.39 is 12.1 Å². The minimum Gasteiger partial charge on any atom is -0.508 e. The van der Waals surface area contributed by atoms with Gasteiger partial charge in [0.2, 0.25) is 0 Å². The molecule has 1 amide bonds. The molecule has 28 heavy (non-hydrogen) atoms. The highest BCUT2D eigenvalue weighted by atomic mass is 16.5. The molecule has 0 spiro atoms. The van der Waals surface area contributed by atoms with E-state index in [0.717, 1.165) is 10.9 Å². The Labute approximate surface area is 163 Å². The number of rotatable bonds is 6. The molecule has 2 N–H and O–H groups in total. The Morgan fingerprint density at radius 1 is 1.14 bits per heavy atom. The van der Waals surface area contributed by atoms with Crippen LogP contribution in [-0.2, 0) is 20.7 Å². The first kappa shape index (κ1) is 19.5. The van der Waals surface area contributed by atoms with Gasteiger partial charge in [-0.15, -0.1) is 0 Å². The van der Waals surface area contributed by atoms with Crippen molar-refractivity contribution in [1.29, 1.82) is 0 Å². The van der Waals surface area contributed by atoms with E-state index in [-0.39, 0.29) is 24.0 Å². The van der Waals surface area contributed by atoms with Gasteiger partial charge in [0.25, 0.3) is 5.91 Å². The number of amides is 1. The van der Waals surface area contributed by atoms with Crippen molar-refractivity contribution in [3.8, 4) is 5.75 Å². The molecule has 3 rings (SSSR count). The van der Waals surface area contributed by atoms with Crippen LogP contribution in [0.15, 0.2) is 53.1 Å². The van der Waals surface area contributed by atoms with Crippen molar-refractivity contribution in [1.82, 2.24) is 0 Å². The summed E-state index contributed by atoms with van der Waals surface area (Å²) < 4.78 is 10.6. The van der Waals surface area contributed by atoms with Crippen LogP contribution in [0, 0.1) is 0 Å². The minimum absolute atomic E-state index is 0.0298. The van der Waals surface area contributed by atoms with Crippen molar-refractivity contribution in [2.45, 2.75) is 39.2 Å². The van der Waals surface area contributed by atoms with Gasteiger partial charge in [0.15, 0.2) is 6.10 Å². The number of ether oxygens (including phenoxy) is 1. The van der Waals surface area contributed by atoms with Crippen molar-refractivity contribution in [2.75, 3.05) is 5.32 Å². The highest BCUT2D eigenvalue weighted by Gasteiger charge is 2.20. The average Bonchev–Trinajstić information content (AvgIpc) is 3.03. The molecule has 1 heterocycles. The van der Waals surface area contributed by atoms with Crippen LogP contribution in [0.1, 0.15) is 37.8 Å². The van der Waals surface area contributed by atoms with Gasteiger partial charge in [-0.1, -0.05) is 32.0 Å². The zero-order valence-corrected chi connectivity index (χ0v) is 16.1. The Hall–Kier alpha value is -3.28. The number of fused-ring (bicyclic) bond motifs is 1. The van der Waals surface area contributed by atoms with Gasteiger partial charge in [0, 0.05) is 22.7 Å². The number of para-hydroxylation sites is 1. The summed E-state index contributed by atoms with van der Waals surface area (Å²) in [6.07, 6.45) is 0.488. The number of carbonyl (C=O) groups is 2. The fraction of sp³-hybridized carbons (Fsp3) is 0.273. The number of phenols is 1. The number of esters is 1. The van der Waals surface area contributed by atoms with E-state index in [0.29, 0.717) is 16.8 Å². The molecule has 1 aromatic heterocycles. The third kappa shape index (κ3) is 4.34. The second kappa shape index (κ2) is 8.17. The molecule has 0 bridgehead atoms. The first-order valence-corrected chi connectivity index (χ1v) is 9.13. The zero-order chi connectivity index (χ0) is 20.3. The average molecular weight is 381 g/mol. The van der Waals surface area contributed by atoms with Gasteiger partial charge in [-0.25, -0.2) is 0 Å². The van der Waals surface area contributed by atoms with Gasteiger partial charge in [0.1, 0.15) is 11.3 Å². The maximum absolute atomic E-state index is 12.4. The Morgan fingerprint density at radius 2 is 1.89 bits per heavy atom. The SMILES string of the molecule is CC(C)c1ccccc1NC(=O)[C@H](C)OC(=O)Cc1coc2cc(O)ccc12. The normalized spacial score (nSPS) is 12.1. The van der Waals surface area contributed by atoms with Crippen LogP contribution in [0.3, 0.4) is 0 Å². The van der Waals surface area contributed by atoms with E-state index in [1.54, 1.807) is 6.07 Å². The Kier molecular flexibility index (Phi) is 5.68. The first-order chi connectivity index (χ1) is 13.3. The molecule has 0 aliphatic heterocycles. The number of phenolic OH excluding ortho intramolecular Hbond substituents is 1. The molecule has 3 aromatic rings. The summed E-state index contributed by atoms with van der Waals surface area (Å²) in [5.74, 6) is -0.579. The van der Waals surface area contributed by atoms with Crippen LogP contribution in [0.4, 0.5) is 5.69 Å². The number of furan rings is 1. The number of aromatic hydroxyl groups is 1. The van der Waals surface area contributed by atoms with Crippen molar-refractivity contribution in [3.05, 3.63) is 59.9 Å². The Bertz CT molecular complexity index is 1010.